The summed E-state index contributed by atoms with van der Waals surface area (Å²) in [6.45, 7) is 2.92. The molecule has 0 heterocycles. The van der Waals surface area contributed by atoms with Crippen LogP contribution in [0.1, 0.15) is 26.3 Å². The Labute approximate surface area is 139 Å². The van der Waals surface area contributed by atoms with E-state index >= 15 is 0 Å². The summed E-state index contributed by atoms with van der Waals surface area (Å²) in [5, 5.41) is 9.97. The summed E-state index contributed by atoms with van der Waals surface area (Å²) in [4.78, 5) is -0.728. The maximum Gasteiger partial charge on any atom is 0.404 e. The molecule has 0 aliphatic carbocycles. The number of sulfonamides is 1. The third-order valence-corrected chi connectivity index (χ3v) is 5.20. The number of rotatable bonds is 4. The number of nitrogens with one attached hydrogen (secondary N) is 1. The molecule has 1 aromatic rings. The van der Waals surface area contributed by atoms with E-state index in [2.05, 4.69) is 0 Å². The second kappa shape index (κ2) is 6.21. The Morgan fingerprint density at radius 1 is 1.27 bits per heavy atom. The van der Waals surface area contributed by atoms with Crippen molar-refractivity contribution in [3.63, 3.8) is 0 Å². The number of benzene rings is 1. The summed E-state index contributed by atoms with van der Waals surface area (Å²) in [5.41, 5.74) is -2.47. The molecular formula is C12H14F4INO3S. The van der Waals surface area contributed by atoms with Crippen molar-refractivity contribution >= 4 is 32.6 Å². The standard InChI is InChI=1S/C12H14F4INO3S/c1-6(12(14,15)16)18-22(20,21)8-5-4-7(17)10(13)9(8)11(2,3)19/h4-6,18-19H,1-3H3/t6-/m0/s1. The van der Waals surface area contributed by atoms with Gasteiger partial charge in [0, 0.05) is 9.13 Å². The zero-order chi connectivity index (χ0) is 17.5. The molecule has 0 amide bonds. The van der Waals surface area contributed by atoms with Crippen LogP contribution in [0.2, 0.25) is 0 Å². The van der Waals surface area contributed by atoms with Gasteiger partial charge >= 0.3 is 6.18 Å². The van der Waals surface area contributed by atoms with Gasteiger partial charge in [0.25, 0.3) is 0 Å². The highest BCUT2D eigenvalue weighted by atomic mass is 127. The number of aliphatic hydroxyl groups is 1. The van der Waals surface area contributed by atoms with Crippen LogP contribution < -0.4 is 4.72 Å². The maximum absolute atomic E-state index is 14.2. The van der Waals surface area contributed by atoms with Crippen molar-refractivity contribution in [2.75, 3.05) is 0 Å². The largest absolute Gasteiger partial charge is 0.404 e. The van der Waals surface area contributed by atoms with Gasteiger partial charge < -0.3 is 5.11 Å². The van der Waals surface area contributed by atoms with E-state index in [1.807, 2.05) is 0 Å². The first-order valence-electron chi connectivity index (χ1n) is 5.98. The van der Waals surface area contributed by atoms with Crippen LogP contribution in [-0.4, -0.2) is 25.7 Å². The molecule has 1 rings (SSSR count). The summed E-state index contributed by atoms with van der Waals surface area (Å²) in [5.74, 6) is -0.990. The Morgan fingerprint density at radius 2 is 1.77 bits per heavy atom. The van der Waals surface area contributed by atoms with Crippen LogP contribution in [0.4, 0.5) is 17.6 Å². The Hall–Kier alpha value is -0.460. The number of hydrogen-bond acceptors (Lipinski definition) is 3. The smallest absolute Gasteiger partial charge is 0.386 e. The third-order valence-electron chi connectivity index (χ3n) is 2.78. The fraction of sp³-hybridized carbons (Fsp3) is 0.500. The molecule has 0 saturated heterocycles. The lowest BCUT2D eigenvalue weighted by molar-refractivity contribution is -0.147. The molecule has 0 unspecified atom stereocenters. The molecule has 4 nitrogen and oxygen atoms in total. The van der Waals surface area contributed by atoms with Crippen molar-refractivity contribution in [3.05, 3.63) is 27.1 Å². The van der Waals surface area contributed by atoms with Gasteiger partial charge in [-0.05, 0) is 55.5 Å². The first-order chi connectivity index (χ1) is 9.68. The normalized spacial score (nSPS) is 15.0. The quantitative estimate of drug-likeness (QED) is 0.542. The zero-order valence-electron chi connectivity index (χ0n) is 11.8. The Morgan fingerprint density at radius 3 is 2.18 bits per heavy atom. The Balaban J connectivity index is 3.47. The van der Waals surface area contributed by atoms with Gasteiger partial charge in [-0.3, -0.25) is 0 Å². The lowest BCUT2D eigenvalue weighted by Crippen LogP contribution is -2.43. The van der Waals surface area contributed by atoms with Gasteiger partial charge in [-0.25, -0.2) is 12.8 Å². The van der Waals surface area contributed by atoms with E-state index in [-0.39, 0.29) is 3.57 Å². The fourth-order valence-corrected chi connectivity index (χ4v) is 3.72. The third kappa shape index (κ3) is 4.30. The molecule has 1 aromatic carbocycles. The van der Waals surface area contributed by atoms with Gasteiger partial charge in [0.2, 0.25) is 10.0 Å². The van der Waals surface area contributed by atoms with Crippen LogP contribution >= 0.6 is 22.6 Å². The van der Waals surface area contributed by atoms with E-state index in [9.17, 15) is 31.1 Å². The molecule has 0 aromatic heterocycles. The first-order valence-corrected chi connectivity index (χ1v) is 8.54. The van der Waals surface area contributed by atoms with Crippen LogP contribution in [0.25, 0.3) is 0 Å². The molecule has 0 bridgehead atoms. The van der Waals surface area contributed by atoms with E-state index in [0.29, 0.717) is 6.92 Å². The fourth-order valence-electron chi connectivity index (χ4n) is 1.69. The molecule has 0 saturated carbocycles. The van der Waals surface area contributed by atoms with Crippen molar-refractivity contribution in [1.82, 2.24) is 4.72 Å². The van der Waals surface area contributed by atoms with Crippen molar-refractivity contribution in [1.29, 1.82) is 0 Å². The molecule has 0 aliphatic rings. The van der Waals surface area contributed by atoms with Crippen LogP contribution in [0.15, 0.2) is 17.0 Å². The Bertz CT molecular complexity index is 668. The number of halogens is 5. The molecule has 0 fully saturated rings. The van der Waals surface area contributed by atoms with Crippen LogP contribution in [0.3, 0.4) is 0 Å². The Kier molecular flexibility index (Phi) is 5.53. The van der Waals surface area contributed by atoms with E-state index in [4.69, 9.17) is 0 Å². The molecule has 0 radical (unpaired) electrons. The molecular weight excluding hydrogens is 441 g/mol. The van der Waals surface area contributed by atoms with E-state index in [1.165, 1.54) is 4.72 Å². The average Bonchev–Trinajstić information content (AvgIpc) is 2.28. The lowest BCUT2D eigenvalue weighted by Gasteiger charge is -2.24. The van der Waals surface area contributed by atoms with Gasteiger partial charge in [0.15, 0.2) is 0 Å². The second-order valence-electron chi connectivity index (χ2n) is 5.18. The van der Waals surface area contributed by atoms with Crippen molar-refractivity contribution < 1.29 is 31.1 Å². The second-order valence-corrected chi connectivity index (χ2v) is 8.02. The maximum atomic E-state index is 14.2. The summed E-state index contributed by atoms with van der Waals surface area (Å²) in [7, 11) is -4.67. The molecule has 126 valence electrons. The summed E-state index contributed by atoms with van der Waals surface area (Å²) in [6, 6.07) is -0.281. The monoisotopic (exact) mass is 455 g/mol. The van der Waals surface area contributed by atoms with Crippen LogP contribution in [-0.2, 0) is 15.6 Å². The highest BCUT2D eigenvalue weighted by molar-refractivity contribution is 14.1. The van der Waals surface area contributed by atoms with Crippen molar-refractivity contribution in [2.24, 2.45) is 0 Å². The molecule has 10 heteroatoms. The minimum atomic E-state index is -4.79. The molecule has 22 heavy (non-hydrogen) atoms. The summed E-state index contributed by atoms with van der Waals surface area (Å²) < 4.78 is 77.5. The van der Waals surface area contributed by atoms with Gasteiger partial charge in [-0.2, -0.15) is 17.9 Å². The first kappa shape index (κ1) is 19.6. The number of alkyl halides is 3. The van der Waals surface area contributed by atoms with E-state index < -0.39 is 44.1 Å². The minimum Gasteiger partial charge on any atom is -0.386 e. The van der Waals surface area contributed by atoms with Crippen LogP contribution in [0.5, 0.6) is 0 Å². The average molecular weight is 455 g/mol. The van der Waals surface area contributed by atoms with Crippen LogP contribution in [0, 0.1) is 9.39 Å². The summed E-state index contributed by atoms with van der Waals surface area (Å²) >= 11 is 1.59. The lowest BCUT2D eigenvalue weighted by atomic mass is 9.98. The molecule has 1 atom stereocenters. The van der Waals surface area contributed by atoms with Gasteiger partial charge in [-0.15, -0.1) is 0 Å². The minimum absolute atomic E-state index is 0.0394. The molecule has 0 aliphatic heterocycles. The highest BCUT2D eigenvalue weighted by Crippen LogP contribution is 2.32. The zero-order valence-corrected chi connectivity index (χ0v) is 14.8. The van der Waals surface area contributed by atoms with Crippen molar-refractivity contribution in [3.8, 4) is 0 Å². The van der Waals surface area contributed by atoms with Gasteiger partial charge in [0.05, 0.1) is 10.5 Å². The summed E-state index contributed by atoms with van der Waals surface area (Å²) in [6.07, 6.45) is -4.79. The van der Waals surface area contributed by atoms with E-state index in [1.54, 1.807) is 22.6 Å². The van der Waals surface area contributed by atoms with Gasteiger partial charge in [0.1, 0.15) is 11.9 Å². The predicted molar refractivity (Wildman–Crippen MR) is 80.2 cm³/mol. The SMILES string of the molecule is C[C@H](NS(=O)(=O)c1ccc(I)c(F)c1C(C)(C)O)C(F)(F)F. The van der Waals surface area contributed by atoms with E-state index in [0.717, 1.165) is 26.0 Å². The molecule has 0 spiro atoms. The topological polar surface area (TPSA) is 66.4 Å². The predicted octanol–water partition coefficient (Wildman–Crippen LogP) is 2.89. The van der Waals surface area contributed by atoms with Gasteiger partial charge in [-0.1, -0.05) is 0 Å². The number of hydrogen-bond donors (Lipinski definition) is 2. The van der Waals surface area contributed by atoms with Crippen molar-refractivity contribution in [2.45, 2.75) is 43.5 Å². The molecule has 2 N–H and O–H groups in total. The highest BCUT2D eigenvalue weighted by Gasteiger charge is 2.40.